The maximum atomic E-state index is 12.0. The summed E-state index contributed by atoms with van der Waals surface area (Å²) in [6.45, 7) is 2.22. The lowest BCUT2D eigenvalue weighted by molar-refractivity contribution is -0.141. The average molecular weight is 359 g/mol. The number of benzene rings is 1. The van der Waals surface area contributed by atoms with Crippen LogP contribution in [0.25, 0.3) is 11.3 Å². The summed E-state index contributed by atoms with van der Waals surface area (Å²) in [7, 11) is 0. The second kappa shape index (κ2) is 7.43. The van der Waals surface area contributed by atoms with E-state index in [1.807, 2.05) is 36.6 Å². The van der Waals surface area contributed by atoms with Crippen LogP contribution in [-0.2, 0) is 14.4 Å². The molecule has 0 unspecified atom stereocenters. The summed E-state index contributed by atoms with van der Waals surface area (Å²) in [6, 6.07) is 7.53. The van der Waals surface area contributed by atoms with E-state index >= 15 is 0 Å². The number of nitrogens with one attached hydrogen (secondary N) is 1. The second-order valence-electron chi connectivity index (χ2n) is 5.42. The van der Waals surface area contributed by atoms with Crippen LogP contribution < -0.4 is 10.1 Å². The van der Waals surface area contributed by atoms with Crippen LogP contribution in [0, 0.1) is 0 Å². The molecule has 2 aromatic rings. The minimum absolute atomic E-state index is 0.170. The molecule has 3 amide bonds. The van der Waals surface area contributed by atoms with Gasteiger partial charge < -0.3 is 10.1 Å². The SMILES string of the molecule is CCOc1cccc(-c2csc(NC(=O)CN3C(=O)CCC3=O)n2)c1. The van der Waals surface area contributed by atoms with Crippen LogP contribution in [0.15, 0.2) is 29.6 Å². The van der Waals surface area contributed by atoms with Crippen molar-refractivity contribution in [1.29, 1.82) is 0 Å². The number of aromatic nitrogens is 1. The zero-order valence-corrected chi connectivity index (χ0v) is 14.5. The predicted molar refractivity (Wildman–Crippen MR) is 93.3 cm³/mol. The molecule has 8 heteroatoms. The quantitative estimate of drug-likeness (QED) is 0.800. The lowest BCUT2D eigenvalue weighted by atomic mass is 10.2. The number of likely N-dealkylation sites (tertiary alicyclic amines) is 1. The van der Waals surface area contributed by atoms with Crippen LogP contribution in [-0.4, -0.2) is 40.8 Å². The van der Waals surface area contributed by atoms with E-state index in [4.69, 9.17) is 4.74 Å². The minimum Gasteiger partial charge on any atom is -0.494 e. The molecule has 0 radical (unpaired) electrons. The number of anilines is 1. The third kappa shape index (κ3) is 4.03. The van der Waals surface area contributed by atoms with Crippen molar-refractivity contribution in [2.75, 3.05) is 18.5 Å². The average Bonchev–Trinajstić information content (AvgIpc) is 3.17. The molecule has 130 valence electrons. The molecule has 25 heavy (non-hydrogen) atoms. The molecule has 1 saturated heterocycles. The third-order valence-electron chi connectivity index (χ3n) is 3.65. The van der Waals surface area contributed by atoms with Crippen LogP contribution in [0.1, 0.15) is 19.8 Å². The summed E-state index contributed by atoms with van der Waals surface area (Å²) < 4.78 is 5.47. The fourth-order valence-corrected chi connectivity index (χ4v) is 3.21. The van der Waals surface area contributed by atoms with Gasteiger partial charge in [0.2, 0.25) is 17.7 Å². The minimum atomic E-state index is -0.437. The van der Waals surface area contributed by atoms with E-state index < -0.39 is 5.91 Å². The van der Waals surface area contributed by atoms with Gasteiger partial charge in [0.1, 0.15) is 12.3 Å². The molecular weight excluding hydrogens is 342 g/mol. The fraction of sp³-hybridized carbons (Fsp3) is 0.294. The van der Waals surface area contributed by atoms with E-state index in [1.54, 1.807) is 0 Å². The fourth-order valence-electron chi connectivity index (χ4n) is 2.48. The summed E-state index contributed by atoms with van der Waals surface area (Å²) in [5.41, 5.74) is 1.60. The molecule has 3 rings (SSSR count). The molecule has 0 bridgehead atoms. The van der Waals surface area contributed by atoms with E-state index in [-0.39, 0.29) is 31.2 Å². The molecule has 0 aliphatic carbocycles. The molecule has 1 fully saturated rings. The van der Waals surface area contributed by atoms with Crippen LogP contribution in [0.3, 0.4) is 0 Å². The molecule has 2 heterocycles. The Labute approximate surface area is 148 Å². The number of carbonyl (C=O) groups excluding carboxylic acids is 3. The summed E-state index contributed by atoms with van der Waals surface area (Å²) in [4.78, 5) is 40.5. The lowest BCUT2D eigenvalue weighted by Crippen LogP contribution is -2.36. The number of ether oxygens (including phenoxy) is 1. The first-order valence-electron chi connectivity index (χ1n) is 7.88. The Morgan fingerprint density at radius 2 is 2.08 bits per heavy atom. The van der Waals surface area contributed by atoms with E-state index in [1.165, 1.54) is 11.3 Å². The first-order chi connectivity index (χ1) is 12.1. The second-order valence-corrected chi connectivity index (χ2v) is 6.28. The number of amides is 3. The molecule has 1 N–H and O–H groups in total. The zero-order valence-electron chi connectivity index (χ0n) is 13.7. The molecule has 0 atom stereocenters. The van der Waals surface area contributed by atoms with E-state index in [9.17, 15) is 14.4 Å². The highest BCUT2D eigenvalue weighted by Gasteiger charge is 2.30. The summed E-state index contributed by atoms with van der Waals surface area (Å²) in [5.74, 6) is -0.308. The van der Waals surface area contributed by atoms with Gasteiger partial charge in [-0.05, 0) is 19.1 Å². The van der Waals surface area contributed by atoms with Crippen molar-refractivity contribution in [3.63, 3.8) is 0 Å². The van der Waals surface area contributed by atoms with Gasteiger partial charge in [-0.25, -0.2) is 4.98 Å². The van der Waals surface area contributed by atoms with Gasteiger partial charge in [-0.3, -0.25) is 19.3 Å². The summed E-state index contributed by atoms with van der Waals surface area (Å²) in [6.07, 6.45) is 0.341. The first-order valence-corrected chi connectivity index (χ1v) is 8.76. The number of nitrogens with zero attached hydrogens (tertiary/aromatic N) is 2. The van der Waals surface area contributed by atoms with Gasteiger partial charge in [0.05, 0.1) is 12.3 Å². The highest BCUT2D eigenvalue weighted by Crippen LogP contribution is 2.27. The van der Waals surface area contributed by atoms with Gasteiger partial charge in [-0.1, -0.05) is 12.1 Å². The van der Waals surface area contributed by atoms with Crippen molar-refractivity contribution in [3.05, 3.63) is 29.6 Å². The van der Waals surface area contributed by atoms with Crippen molar-refractivity contribution in [1.82, 2.24) is 9.88 Å². The monoisotopic (exact) mass is 359 g/mol. The standard InChI is InChI=1S/C17H17N3O4S/c1-2-24-12-5-3-4-11(8-12)13-10-25-17(18-13)19-14(21)9-20-15(22)6-7-16(20)23/h3-5,8,10H,2,6-7,9H2,1H3,(H,18,19,21). The highest BCUT2D eigenvalue weighted by molar-refractivity contribution is 7.14. The molecule has 0 saturated carbocycles. The summed E-state index contributed by atoms with van der Waals surface area (Å²) in [5, 5.41) is 4.87. The van der Waals surface area contributed by atoms with Crippen molar-refractivity contribution in [2.24, 2.45) is 0 Å². The molecule has 1 aromatic carbocycles. The smallest absolute Gasteiger partial charge is 0.246 e. The van der Waals surface area contributed by atoms with Crippen LogP contribution in [0.5, 0.6) is 5.75 Å². The number of thiazole rings is 1. The van der Waals surface area contributed by atoms with Crippen LogP contribution in [0.2, 0.25) is 0 Å². The van der Waals surface area contributed by atoms with Gasteiger partial charge in [-0.2, -0.15) is 0 Å². The van der Waals surface area contributed by atoms with E-state index in [2.05, 4.69) is 10.3 Å². The van der Waals surface area contributed by atoms with Gasteiger partial charge in [0.15, 0.2) is 5.13 Å². The van der Waals surface area contributed by atoms with Gasteiger partial charge in [0.25, 0.3) is 0 Å². The Morgan fingerprint density at radius 1 is 1.32 bits per heavy atom. The normalized spacial score (nSPS) is 14.0. The lowest BCUT2D eigenvalue weighted by Gasteiger charge is -2.12. The van der Waals surface area contributed by atoms with Crippen LogP contribution >= 0.6 is 11.3 Å². The Kier molecular flexibility index (Phi) is 5.08. The number of carbonyl (C=O) groups is 3. The number of imide groups is 1. The Hall–Kier alpha value is -2.74. The molecule has 1 aliphatic rings. The van der Waals surface area contributed by atoms with Crippen molar-refractivity contribution in [2.45, 2.75) is 19.8 Å². The summed E-state index contributed by atoms with van der Waals surface area (Å²) >= 11 is 1.28. The molecule has 0 spiro atoms. The van der Waals surface area contributed by atoms with Crippen LogP contribution in [0.4, 0.5) is 5.13 Å². The Bertz CT molecular complexity index is 802. The van der Waals surface area contributed by atoms with Crippen molar-refractivity contribution in [3.8, 4) is 17.0 Å². The number of hydrogen-bond acceptors (Lipinski definition) is 6. The first kappa shape index (κ1) is 17.1. The highest BCUT2D eigenvalue weighted by atomic mass is 32.1. The molecule has 1 aromatic heterocycles. The van der Waals surface area contributed by atoms with Gasteiger partial charge in [-0.15, -0.1) is 11.3 Å². The molecule has 1 aliphatic heterocycles. The predicted octanol–water partition coefficient (Wildman–Crippen LogP) is 2.30. The largest absolute Gasteiger partial charge is 0.494 e. The van der Waals surface area contributed by atoms with E-state index in [0.717, 1.165) is 21.9 Å². The van der Waals surface area contributed by atoms with E-state index in [0.29, 0.717) is 11.7 Å². The molecule has 7 nitrogen and oxygen atoms in total. The number of rotatable bonds is 6. The zero-order chi connectivity index (χ0) is 17.8. The maximum absolute atomic E-state index is 12.0. The van der Waals surface area contributed by atoms with Crippen molar-refractivity contribution >= 4 is 34.2 Å². The Morgan fingerprint density at radius 3 is 2.80 bits per heavy atom. The third-order valence-corrected chi connectivity index (χ3v) is 4.41. The Balaban J connectivity index is 1.65. The van der Waals surface area contributed by atoms with Gasteiger partial charge >= 0.3 is 0 Å². The van der Waals surface area contributed by atoms with Crippen molar-refractivity contribution < 1.29 is 19.1 Å². The van der Waals surface area contributed by atoms with Gasteiger partial charge in [0, 0.05) is 23.8 Å². The maximum Gasteiger partial charge on any atom is 0.246 e. The topological polar surface area (TPSA) is 88.6 Å². The molecular formula is C17H17N3O4S. The number of hydrogen-bond donors (Lipinski definition) is 1.